The normalized spacial score (nSPS) is 16.7. The van der Waals surface area contributed by atoms with Crippen LogP contribution in [0.1, 0.15) is 50.7 Å². The smallest absolute Gasteiger partial charge is 0.320 e. The molecule has 0 saturated carbocycles. The van der Waals surface area contributed by atoms with Gasteiger partial charge in [-0.2, -0.15) is 9.97 Å². The predicted molar refractivity (Wildman–Crippen MR) is 122 cm³/mol. The van der Waals surface area contributed by atoms with E-state index in [1.54, 1.807) is 0 Å². The fourth-order valence-corrected chi connectivity index (χ4v) is 3.76. The van der Waals surface area contributed by atoms with Crippen molar-refractivity contribution in [3.63, 3.8) is 0 Å². The first-order valence-corrected chi connectivity index (χ1v) is 10.8. The van der Waals surface area contributed by atoms with Crippen molar-refractivity contribution in [1.29, 1.82) is 0 Å². The molecule has 1 unspecified atom stereocenters. The molecular weight excluding hydrogens is 378 g/mol. The Hall–Kier alpha value is -2.58. The molecule has 2 heterocycles. The van der Waals surface area contributed by atoms with E-state index in [-0.39, 0.29) is 11.8 Å². The Bertz CT molecular complexity index is 829. The number of nitrogens with one attached hydrogen (secondary N) is 1. The molecule has 1 aliphatic heterocycles. The highest BCUT2D eigenvalue weighted by Gasteiger charge is 2.20. The summed E-state index contributed by atoms with van der Waals surface area (Å²) >= 11 is 0. The molecule has 0 spiro atoms. The van der Waals surface area contributed by atoms with Crippen LogP contribution in [-0.2, 0) is 13.1 Å². The van der Waals surface area contributed by atoms with Crippen molar-refractivity contribution in [3.8, 4) is 6.01 Å². The summed E-state index contributed by atoms with van der Waals surface area (Å²) in [5.74, 6) is 0.749. The van der Waals surface area contributed by atoms with Gasteiger partial charge in [-0.25, -0.2) is 5.43 Å². The lowest BCUT2D eigenvalue weighted by molar-refractivity contribution is 0.260. The third-order valence-electron chi connectivity index (χ3n) is 5.60. The van der Waals surface area contributed by atoms with E-state index >= 15 is 0 Å². The number of benzene rings is 1. The summed E-state index contributed by atoms with van der Waals surface area (Å²) in [5.41, 5.74) is 18.2. The van der Waals surface area contributed by atoms with Gasteiger partial charge >= 0.3 is 6.01 Å². The van der Waals surface area contributed by atoms with Gasteiger partial charge in [0, 0.05) is 19.6 Å². The Morgan fingerprint density at radius 1 is 1.27 bits per heavy atom. The zero-order valence-corrected chi connectivity index (χ0v) is 18.4. The first kappa shape index (κ1) is 22.1. The summed E-state index contributed by atoms with van der Waals surface area (Å²) in [6.45, 7) is 7.71. The summed E-state index contributed by atoms with van der Waals surface area (Å²) in [7, 11) is 1.84. The van der Waals surface area contributed by atoms with Gasteiger partial charge < -0.3 is 16.2 Å². The molecule has 2 aromatic rings. The van der Waals surface area contributed by atoms with Gasteiger partial charge in [-0.05, 0) is 43.9 Å². The Morgan fingerprint density at radius 2 is 2.07 bits per heavy atom. The van der Waals surface area contributed by atoms with E-state index < -0.39 is 0 Å². The molecule has 5 N–H and O–H groups in total. The second kappa shape index (κ2) is 10.4. The van der Waals surface area contributed by atoms with Crippen LogP contribution in [0.3, 0.4) is 0 Å². The molecule has 8 nitrogen and oxygen atoms in total. The van der Waals surface area contributed by atoms with E-state index in [4.69, 9.17) is 16.2 Å². The molecule has 8 heteroatoms. The highest BCUT2D eigenvalue weighted by atomic mass is 16.5. The predicted octanol–water partition coefficient (Wildman–Crippen LogP) is 2.95. The summed E-state index contributed by atoms with van der Waals surface area (Å²) in [4.78, 5) is 11.2. The van der Waals surface area contributed by atoms with E-state index in [0.717, 1.165) is 19.4 Å². The van der Waals surface area contributed by atoms with Gasteiger partial charge in [0.1, 0.15) is 5.69 Å². The number of nitrogens with zero attached hydrogens (tertiary/aromatic N) is 4. The molecule has 3 rings (SSSR count). The van der Waals surface area contributed by atoms with Crippen LogP contribution in [-0.4, -0.2) is 41.1 Å². The summed E-state index contributed by atoms with van der Waals surface area (Å²) in [5, 5.41) is 1.87. The lowest BCUT2D eigenvalue weighted by atomic mass is 10.1. The fraction of sp³-hybridized carbons (Fsp3) is 0.545. The highest BCUT2D eigenvalue weighted by Crippen LogP contribution is 2.28. The Labute approximate surface area is 179 Å². The molecule has 0 radical (unpaired) electrons. The number of rotatable bonds is 10. The van der Waals surface area contributed by atoms with Crippen LogP contribution < -0.4 is 26.6 Å². The minimum atomic E-state index is 0.225. The van der Waals surface area contributed by atoms with Gasteiger partial charge in [0.25, 0.3) is 0 Å². The van der Waals surface area contributed by atoms with Gasteiger partial charge in [0.05, 0.1) is 13.2 Å². The van der Waals surface area contributed by atoms with Crippen molar-refractivity contribution >= 4 is 17.3 Å². The van der Waals surface area contributed by atoms with Crippen LogP contribution >= 0.6 is 0 Å². The molecule has 1 fully saturated rings. The van der Waals surface area contributed by atoms with Gasteiger partial charge in [-0.15, -0.1) is 0 Å². The molecule has 30 heavy (non-hydrogen) atoms. The highest BCUT2D eigenvalue weighted by molar-refractivity contribution is 5.73. The molecule has 1 atom stereocenters. The third-order valence-corrected chi connectivity index (χ3v) is 5.60. The molecular formula is C22H35N7O. The Kier molecular flexibility index (Phi) is 7.70. The second-order valence-electron chi connectivity index (χ2n) is 7.92. The minimum absolute atomic E-state index is 0.225. The number of nitrogen functional groups attached to an aromatic ring is 2. The summed E-state index contributed by atoms with van der Waals surface area (Å²) in [6.07, 6.45) is 4.53. The molecule has 1 aliphatic rings. The van der Waals surface area contributed by atoms with Crippen molar-refractivity contribution in [2.45, 2.75) is 58.7 Å². The van der Waals surface area contributed by atoms with Crippen molar-refractivity contribution in [3.05, 3.63) is 35.4 Å². The zero-order chi connectivity index (χ0) is 21.5. The van der Waals surface area contributed by atoms with Crippen LogP contribution in [0, 0.1) is 0 Å². The SMILES string of the molecule is CCCCOc1nc(N)c(N)c(N(Cc2cccc(CN3CCCC3C)c2)NC)n1. The van der Waals surface area contributed by atoms with Crippen LogP contribution in [0.2, 0.25) is 0 Å². The number of nitrogens with two attached hydrogens (primary N) is 2. The number of hydrazine groups is 1. The number of anilines is 3. The van der Waals surface area contributed by atoms with E-state index in [0.29, 0.717) is 30.7 Å². The van der Waals surface area contributed by atoms with Crippen LogP contribution in [0.4, 0.5) is 17.3 Å². The Balaban J connectivity index is 1.75. The average Bonchev–Trinajstić information content (AvgIpc) is 3.14. The second-order valence-corrected chi connectivity index (χ2v) is 7.92. The number of ether oxygens (including phenoxy) is 1. The molecule has 164 valence electrons. The molecule has 0 aliphatic carbocycles. The first-order chi connectivity index (χ1) is 14.5. The monoisotopic (exact) mass is 413 g/mol. The quantitative estimate of drug-likeness (QED) is 0.403. The van der Waals surface area contributed by atoms with Crippen molar-refractivity contribution in [1.82, 2.24) is 20.3 Å². The Morgan fingerprint density at radius 3 is 2.77 bits per heavy atom. The van der Waals surface area contributed by atoms with E-state index in [2.05, 4.69) is 58.4 Å². The zero-order valence-electron chi connectivity index (χ0n) is 18.4. The van der Waals surface area contributed by atoms with Crippen molar-refractivity contribution < 1.29 is 4.74 Å². The maximum atomic E-state index is 6.20. The standard InChI is InChI=1S/C22H35N7O/c1-4-5-12-30-22-26-20(24)19(23)21(27-22)29(25-3)15-18-10-6-9-17(13-18)14-28-11-7-8-16(28)2/h6,9-10,13,16,25H,4-5,7-8,11-12,14-15,23H2,1-3H3,(H2,24,26,27). The molecule has 1 aromatic carbocycles. The largest absolute Gasteiger partial charge is 0.463 e. The summed E-state index contributed by atoms with van der Waals surface area (Å²) in [6, 6.07) is 9.56. The molecule has 0 bridgehead atoms. The molecule has 0 amide bonds. The first-order valence-electron chi connectivity index (χ1n) is 10.8. The van der Waals surface area contributed by atoms with Crippen LogP contribution in [0.15, 0.2) is 24.3 Å². The summed E-state index contributed by atoms with van der Waals surface area (Å²) < 4.78 is 5.65. The number of aromatic nitrogens is 2. The van der Waals surface area contributed by atoms with Crippen LogP contribution in [0.25, 0.3) is 0 Å². The fourth-order valence-electron chi connectivity index (χ4n) is 3.76. The topological polar surface area (TPSA) is 106 Å². The number of likely N-dealkylation sites (tertiary alicyclic amines) is 1. The van der Waals surface area contributed by atoms with E-state index in [1.807, 2.05) is 12.1 Å². The molecule has 1 saturated heterocycles. The average molecular weight is 414 g/mol. The number of hydrogen-bond acceptors (Lipinski definition) is 8. The van der Waals surface area contributed by atoms with E-state index in [1.165, 1.54) is 30.5 Å². The van der Waals surface area contributed by atoms with E-state index in [9.17, 15) is 0 Å². The lowest BCUT2D eigenvalue weighted by Gasteiger charge is -2.25. The minimum Gasteiger partial charge on any atom is -0.463 e. The number of hydrogen-bond donors (Lipinski definition) is 3. The van der Waals surface area contributed by atoms with Crippen molar-refractivity contribution in [2.75, 3.05) is 36.7 Å². The molecule has 1 aromatic heterocycles. The van der Waals surface area contributed by atoms with Gasteiger partial charge in [-0.3, -0.25) is 9.91 Å². The third kappa shape index (κ3) is 5.52. The van der Waals surface area contributed by atoms with Crippen molar-refractivity contribution in [2.24, 2.45) is 0 Å². The number of unbranched alkanes of at least 4 members (excludes halogenated alkanes) is 1. The maximum Gasteiger partial charge on any atom is 0.320 e. The lowest BCUT2D eigenvalue weighted by Crippen LogP contribution is -2.36. The van der Waals surface area contributed by atoms with Crippen LogP contribution in [0.5, 0.6) is 6.01 Å². The van der Waals surface area contributed by atoms with Gasteiger partial charge in [0.15, 0.2) is 11.6 Å². The van der Waals surface area contributed by atoms with Gasteiger partial charge in [-0.1, -0.05) is 37.6 Å². The maximum absolute atomic E-state index is 6.20. The van der Waals surface area contributed by atoms with Gasteiger partial charge in [0.2, 0.25) is 0 Å².